The van der Waals surface area contributed by atoms with Gasteiger partial charge in [0.05, 0.1) is 35.5 Å². The number of amides is 1. The lowest BCUT2D eigenvalue weighted by atomic mass is 9.95. The first-order chi connectivity index (χ1) is 19.2. The summed E-state index contributed by atoms with van der Waals surface area (Å²) in [4.78, 5) is 33.2. The molecule has 0 aliphatic carbocycles. The zero-order chi connectivity index (χ0) is 28.6. The number of hydrogen-bond acceptors (Lipinski definition) is 7. The molecule has 2 heterocycles. The zero-order valence-electron chi connectivity index (χ0n) is 22.7. The number of unbranched alkanes of at least 4 members (excludes halogenated alkanes) is 1. The number of nitrogens with zero attached hydrogens (tertiary/aromatic N) is 2. The second-order valence-corrected chi connectivity index (χ2v) is 10.7. The predicted octanol–water partition coefficient (Wildman–Crippen LogP) is 6.87. The molecule has 3 aromatic carbocycles. The normalized spacial score (nSPS) is 16.6. The highest BCUT2D eigenvalue weighted by Gasteiger charge is 2.48. The van der Waals surface area contributed by atoms with Gasteiger partial charge in [-0.25, -0.2) is 9.37 Å². The average molecular weight is 561 g/mol. The second kappa shape index (κ2) is 11.1. The standard InChI is InChI=1S/C31H29FN2O5S/c1-5-6-13-39-22-12-9-20(16-23(22)38-4)27-25(28(35)19-7-10-21(32)11-8-19)29(36)30(37)34(27)31-33-26-18(3)14-17(2)15-24(26)40-31/h7-12,14-16,27,35H,5-6,13H2,1-4H3/b28-25+. The predicted molar refractivity (Wildman–Crippen MR) is 154 cm³/mol. The third-order valence-corrected chi connectivity index (χ3v) is 7.85. The number of methoxy groups -OCH3 is 1. The number of aromatic nitrogens is 1. The lowest BCUT2D eigenvalue weighted by Crippen LogP contribution is -2.29. The van der Waals surface area contributed by atoms with E-state index < -0.39 is 29.3 Å². The smallest absolute Gasteiger partial charge is 0.301 e. The Bertz CT molecular complexity index is 1640. The molecule has 1 atom stereocenters. The molecule has 1 saturated heterocycles. The van der Waals surface area contributed by atoms with Gasteiger partial charge in [0, 0.05) is 5.56 Å². The van der Waals surface area contributed by atoms with Crippen molar-refractivity contribution >= 4 is 44.1 Å². The molecule has 5 rings (SSSR count). The van der Waals surface area contributed by atoms with Gasteiger partial charge in [-0.1, -0.05) is 36.8 Å². The molecule has 1 aliphatic heterocycles. The number of ether oxygens (including phenoxy) is 2. The summed E-state index contributed by atoms with van der Waals surface area (Å²) in [6.45, 7) is 6.51. The number of rotatable bonds is 8. The van der Waals surface area contributed by atoms with Gasteiger partial charge >= 0.3 is 5.91 Å². The molecule has 1 aromatic heterocycles. The zero-order valence-corrected chi connectivity index (χ0v) is 23.5. The molecule has 1 unspecified atom stereocenters. The number of fused-ring (bicyclic) bond motifs is 1. The molecule has 9 heteroatoms. The van der Waals surface area contributed by atoms with E-state index in [1.165, 1.54) is 47.6 Å². The fourth-order valence-electron chi connectivity index (χ4n) is 4.87. The molecule has 1 amide bonds. The third kappa shape index (κ3) is 4.93. The summed E-state index contributed by atoms with van der Waals surface area (Å²) in [6, 6.07) is 13.3. The topological polar surface area (TPSA) is 89.0 Å². The van der Waals surface area contributed by atoms with Crippen LogP contribution in [0.4, 0.5) is 9.52 Å². The van der Waals surface area contributed by atoms with E-state index in [1.807, 2.05) is 26.0 Å². The summed E-state index contributed by atoms with van der Waals surface area (Å²) in [5, 5.41) is 11.7. The van der Waals surface area contributed by atoms with Crippen molar-refractivity contribution in [1.29, 1.82) is 0 Å². The first-order valence-electron chi connectivity index (χ1n) is 13.0. The average Bonchev–Trinajstić information content (AvgIpc) is 3.47. The number of benzene rings is 3. The molecule has 0 bridgehead atoms. The number of carbonyl (C=O) groups excluding carboxylic acids is 2. The van der Waals surface area contributed by atoms with E-state index in [1.54, 1.807) is 18.2 Å². The number of Topliss-reactive ketones (excluding diaryl/α,β-unsaturated/α-hetero) is 1. The molecule has 206 valence electrons. The fraction of sp³-hybridized carbons (Fsp3) is 0.258. The van der Waals surface area contributed by atoms with Gasteiger partial charge in [0.25, 0.3) is 5.78 Å². The largest absolute Gasteiger partial charge is 0.507 e. The monoisotopic (exact) mass is 560 g/mol. The second-order valence-electron chi connectivity index (χ2n) is 9.71. The summed E-state index contributed by atoms with van der Waals surface area (Å²) in [6.07, 6.45) is 1.85. The van der Waals surface area contributed by atoms with Crippen LogP contribution >= 0.6 is 11.3 Å². The maximum atomic E-state index is 13.6. The van der Waals surface area contributed by atoms with Crippen molar-refractivity contribution < 1.29 is 28.6 Å². The molecule has 0 saturated carbocycles. The van der Waals surface area contributed by atoms with Crippen molar-refractivity contribution in [1.82, 2.24) is 4.98 Å². The van der Waals surface area contributed by atoms with E-state index in [-0.39, 0.29) is 11.1 Å². The van der Waals surface area contributed by atoms with Crippen molar-refractivity contribution in [3.05, 3.63) is 88.2 Å². The van der Waals surface area contributed by atoms with Gasteiger partial charge in [0.1, 0.15) is 11.6 Å². The Hall–Kier alpha value is -4.24. The maximum Gasteiger partial charge on any atom is 0.301 e. The van der Waals surface area contributed by atoms with Crippen molar-refractivity contribution in [2.45, 2.75) is 39.7 Å². The molecule has 0 radical (unpaired) electrons. The number of aryl methyl sites for hydroxylation is 2. The van der Waals surface area contributed by atoms with Gasteiger partial charge in [-0.3, -0.25) is 14.5 Å². The van der Waals surface area contributed by atoms with Gasteiger partial charge < -0.3 is 14.6 Å². The van der Waals surface area contributed by atoms with Crippen molar-refractivity contribution in [3.8, 4) is 11.5 Å². The molecular weight excluding hydrogens is 531 g/mol. The minimum Gasteiger partial charge on any atom is -0.507 e. The molecule has 1 fully saturated rings. The minimum atomic E-state index is -1.01. The Morgan fingerprint density at radius 1 is 1.07 bits per heavy atom. The fourth-order valence-corrected chi connectivity index (χ4v) is 6.04. The Morgan fingerprint density at radius 3 is 2.52 bits per heavy atom. The van der Waals surface area contributed by atoms with Crippen molar-refractivity contribution in [2.24, 2.45) is 0 Å². The number of hydrogen-bond donors (Lipinski definition) is 1. The highest BCUT2D eigenvalue weighted by molar-refractivity contribution is 7.22. The number of carbonyl (C=O) groups is 2. The van der Waals surface area contributed by atoms with E-state index in [4.69, 9.17) is 14.5 Å². The van der Waals surface area contributed by atoms with Crippen LogP contribution in [0.25, 0.3) is 16.0 Å². The number of aliphatic hydroxyl groups is 1. The van der Waals surface area contributed by atoms with E-state index in [0.29, 0.717) is 28.8 Å². The number of thiazole rings is 1. The van der Waals surface area contributed by atoms with Crippen LogP contribution in [0.5, 0.6) is 11.5 Å². The van der Waals surface area contributed by atoms with E-state index in [0.717, 1.165) is 34.2 Å². The van der Waals surface area contributed by atoms with E-state index in [2.05, 4.69) is 6.92 Å². The molecule has 40 heavy (non-hydrogen) atoms. The van der Waals surface area contributed by atoms with Crippen molar-refractivity contribution in [2.75, 3.05) is 18.6 Å². The summed E-state index contributed by atoms with van der Waals surface area (Å²) in [5.41, 5.74) is 3.36. The first kappa shape index (κ1) is 27.3. The van der Waals surface area contributed by atoms with E-state index >= 15 is 0 Å². The van der Waals surface area contributed by atoms with Crippen LogP contribution in [0.1, 0.15) is 48.1 Å². The molecule has 1 N–H and O–H groups in total. The number of ketones is 1. The molecule has 0 spiro atoms. The van der Waals surface area contributed by atoms with Gasteiger partial charge in [-0.2, -0.15) is 0 Å². The molecule has 4 aromatic rings. The number of halogens is 1. The minimum absolute atomic E-state index is 0.120. The number of aliphatic hydroxyl groups excluding tert-OH is 1. The summed E-state index contributed by atoms with van der Waals surface area (Å²) in [5.74, 6) is -1.61. The van der Waals surface area contributed by atoms with Crippen LogP contribution in [0.2, 0.25) is 0 Å². The first-order valence-corrected chi connectivity index (χ1v) is 13.8. The molecule has 7 nitrogen and oxygen atoms in total. The van der Waals surface area contributed by atoms with Gasteiger partial charge in [0.2, 0.25) is 0 Å². The highest BCUT2D eigenvalue weighted by atomic mass is 32.1. The van der Waals surface area contributed by atoms with E-state index in [9.17, 15) is 19.1 Å². The van der Waals surface area contributed by atoms with Crippen LogP contribution < -0.4 is 14.4 Å². The summed E-state index contributed by atoms with van der Waals surface area (Å²) in [7, 11) is 1.51. The number of anilines is 1. The van der Waals surface area contributed by atoms with Crippen LogP contribution in [0.3, 0.4) is 0 Å². The van der Waals surface area contributed by atoms with Gasteiger partial charge in [-0.05, 0) is 79.4 Å². The highest BCUT2D eigenvalue weighted by Crippen LogP contribution is 2.46. The molecular formula is C31H29FN2O5S. The van der Waals surface area contributed by atoms with Gasteiger partial charge in [-0.15, -0.1) is 0 Å². The van der Waals surface area contributed by atoms with Crippen molar-refractivity contribution in [3.63, 3.8) is 0 Å². The lowest BCUT2D eigenvalue weighted by Gasteiger charge is -2.24. The Morgan fingerprint density at radius 2 is 1.82 bits per heavy atom. The van der Waals surface area contributed by atoms with Gasteiger partial charge in [0.15, 0.2) is 16.6 Å². The summed E-state index contributed by atoms with van der Waals surface area (Å²) >= 11 is 1.30. The van der Waals surface area contributed by atoms with Crippen LogP contribution in [-0.2, 0) is 9.59 Å². The van der Waals surface area contributed by atoms with Crippen LogP contribution in [0, 0.1) is 19.7 Å². The molecule has 1 aliphatic rings. The lowest BCUT2D eigenvalue weighted by molar-refractivity contribution is -0.132. The van der Waals surface area contributed by atoms with Crippen LogP contribution in [-0.4, -0.2) is 35.5 Å². The Balaban J connectivity index is 1.70. The summed E-state index contributed by atoms with van der Waals surface area (Å²) < 4.78 is 26.0. The Labute approximate surface area is 235 Å². The quantitative estimate of drug-likeness (QED) is 0.110. The maximum absolute atomic E-state index is 13.6. The van der Waals surface area contributed by atoms with Crippen LogP contribution in [0.15, 0.2) is 60.2 Å². The SMILES string of the molecule is CCCCOc1ccc(C2/C(=C(\O)c3ccc(F)cc3)C(=O)C(=O)N2c2nc3c(C)cc(C)cc3s2)cc1OC. The third-order valence-electron chi connectivity index (χ3n) is 6.85. The Kier molecular flexibility index (Phi) is 7.58.